The summed E-state index contributed by atoms with van der Waals surface area (Å²) in [6.07, 6.45) is 1.48. The highest BCUT2D eigenvalue weighted by molar-refractivity contribution is 6.30. The van der Waals surface area contributed by atoms with E-state index < -0.39 is 18.2 Å². The smallest absolute Gasteiger partial charge is 0.407 e. The average molecular weight is 530 g/mol. The van der Waals surface area contributed by atoms with Gasteiger partial charge in [0.1, 0.15) is 18.3 Å². The first-order valence-electron chi connectivity index (χ1n) is 13.0. The van der Waals surface area contributed by atoms with Crippen LogP contribution in [0.1, 0.15) is 74.9 Å². The molecule has 0 unspecified atom stereocenters. The molecule has 10 heteroatoms. The fourth-order valence-electron chi connectivity index (χ4n) is 6.26. The molecule has 5 atom stereocenters. The Labute approximate surface area is 221 Å². The van der Waals surface area contributed by atoms with Crippen molar-refractivity contribution in [2.75, 3.05) is 24.5 Å². The number of nitrogens with zero attached hydrogens (tertiary/aromatic N) is 5. The van der Waals surface area contributed by atoms with Crippen LogP contribution >= 0.6 is 11.6 Å². The summed E-state index contributed by atoms with van der Waals surface area (Å²) in [4.78, 5) is 40.4. The van der Waals surface area contributed by atoms with Crippen LogP contribution < -0.4 is 4.90 Å². The lowest BCUT2D eigenvalue weighted by molar-refractivity contribution is -0.136. The second-order valence-corrected chi connectivity index (χ2v) is 11.2. The van der Waals surface area contributed by atoms with Gasteiger partial charge in [0, 0.05) is 48.3 Å². The molecule has 0 saturated carbocycles. The summed E-state index contributed by atoms with van der Waals surface area (Å²) in [7, 11) is 0. The Morgan fingerprint density at radius 2 is 1.81 bits per heavy atom. The van der Waals surface area contributed by atoms with Gasteiger partial charge in [-0.3, -0.25) is 4.79 Å². The van der Waals surface area contributed by atoms with E-state index in [1.54, 1.807) is 12.1 Å². The molecule has 2 fully saturated rings. The molecule has 2 aromatic rings. The number of anilines is 1. The second kappa shape index (κ2) is 10.1. The Kier molecular flexibility index (Phi) is 7.00. The molecule has 2 amide bonds. The number of alkyl halides is 1. The van der Waals surface area contributed by atoms with E-state index in [0.717, 1.165) is 29.8 Å². The number of amides is 2. The molecule has 0 spiro atoms. The molecule has 0 radical (unpaired) electrons. The van der Waals surface area contributed by atoms with Crippen LogP contribution in [-0.2, 0) is 4.79 Å². The third kappa shape index (κ3) is 4.74. The minimum Gasteiger partial charge on any atom is -0.465 e. The molecule has 198 valence electrons. The lowest BCUT2D eigenvalue weighted by Crippen LogP contribution is -2.58. The van der Waals surface area contributed by atoms with E-state index in [1.165, 1.54) is 11.2 Å². The molecule has 3 heterocycles. The van der Waals surface area contributed by atoms with Crippen LogP contribution in [0.25, 0.3) is 0 Å². The molecule has 37 heavy (non-hydrogen) atoms. The number of halogens is 2. The van der Waals surface area contributed by atoms with Crippen molar-refractivity contribution in [1.29, 1.82) is 0 Å². The van der Waals surface area contributed by atoms with Crippen molar-refractivity contribution in [3.05, 3.63) is 52.4 Å². The van der Waals surface area contributed by atoms with Gasteiger partial charge in [-0.05, 0) is 56.7 Å². The Morgan fingerprint density at radius 3 is 2.41 bits per heavy atom. The molecule has 5 rings (SSSR count). The van der Waals surface area contributed by atoms with Crippen molar-refractivity contribution in [2.24, 2.45) is 0 Å². The number of fused-ring (bicyclic) bond motifs is 3. The molecule has 1 aliphatic carbocycles. The summed E-state index contributed by atoms with van der Waals surface area (Å²) in [6, 6.07) is 6.77. The molecule has 2 aliphatic heterocycles. The van der Waals surface area contributed by atoms with Gasteiger partial charge in [0.25, 0.3) is 0 Å². The zero-order chi connectivity index (χ0) is 26.4. The van der Waals surface area contributed by atoms with Gasteiger partial charge >= 0.3 is 6.09 Å². The number of carbonyl (C=O) groups excluding carboxylic acids is 1. The van der Waals surface area contributed by atoms with Gasteiger partial charge in [0.2, 0.25) is 5.91 Å². The van der Waals surface area contributed by atoms with Crippen LogP contribution in [0.2, 0.25) is 5.02 Å². The fraction of sp³-hybridized carbons (Fsp3) is 0.556. The van der Waals surface area contributed by atoms with E-state index in [9.17, 15) is 19.1 Å². The normalized spacial score (nSPS) is 25.4. The summed E-state index contributed by atoms with van der Waals surface area (Å²) < 4.78 is 14.5. The average Bonchev–Trinajstić information content (AvgIpc) is 3.30. The number of carbonyl (C=O) groups is 2. The number of benzene rings is 1. The molecule has 1 aromatic heterocycles. The molecule has 1 N–H and O–H groups in total. The predicted molar refractivity (Wildman–Crippen MR) is 139 cm³/mol. The Bertz CT molecular complexity index is 1170. The topological polar surface area (TPSA) is 89.9 Å². The van der Waals surface area contributed by atoms with Gasteiger partial charge in [-0.1, -0.05) is 30.7 Å². The largest absolute Gasteiger partial charge is 0.465 e. The minimum absolute atomic E-state index is 0.0260. The van der Waals surface area contributed by atoms with Crippen LogP contribution in [0.3, 0.4) is 0 Å². The third-order valence-corrected chi connectivity index (χ3v) is 8.35. The van der Waals surface area contributed by atoms with Crippen molar-refractivity contribution < 1.29 is 19.1 Å². The van der Waals surface area contributed by atoms with Crippen molar-refractivity contribution in [3.63, 3.8) is 0 Å². The minimum atomic E-state index is -1.07. The van der Waals surface area contributed by atoms with Crippen molar-refractivity contribution >= 4 is 29.4 Å². The number of piperazine rings is 1. The molecular weight excluding hydrogens is 497 g/mol. The highest BCUT2D eigenvalue weighted by atomic mass is 35.5. The predicted octanol–water partition coefficient (Wildman–Crippen LogP) is 5.00. The van der Waals surface area contributed by atoms with Gasteiger partial charge < -0.3 is 19.8 Å². The molecule has 8 nitrogen and oxygen atoms in total. The van der Waals surface area contributed by atoms with Gasteiger partial charge in [-0.25, -0.2) is 19.2 Å². The maximum absolute atomic E-state index is 14.5. The summed E-state index contributed by atoms with van der Waals surface area (Å²) in [5.41, 5.74) is 2.13. The van der Waals surface area contributed by atoms with Gasteiger partial charge in [0.15, 0.2) is 0 Å². The maximum Gasteiger partial charge on any atom is 0.407 e. The van der Waals surface area contributed by atoms with Gasteiger partial charge in [0.05, 0.1) is 11.6 Å². The van der Waals surface area contributed by atoms with Crippen molar-refractivity contribution in [2.45, 2.75) is 76.2 Å². The Morgan fingerprint density at radius 1 is 1.16 bits per heavy atom. The third-order valence-electron chi connectivity index (χ3n) is 8.10. The first-order chi connectivity index (χ1) is 17.7. The summed E-state index contributed by atoms with van der Waals surface area (Å²) in [6.45, 7) is 6.92. The van der Waals surface area contributed by atoms with Crippen LogP contribution in [0.15, 0.2) is 30.6 Å². The molecule has 2 saturated heterocycles. The van der Waals surface area contributed by atoms with Crippen LogP contribution in [-0.4, -0.2) is 74.6 Å². The fourth-order valence-corrected chi connectivity index (χ4v) is 6.38. The first-order valence-corrected chi connectivity index (χ1v) is 13.3. The van der Waals surface area contributed by atoms with Crippen LogP contribution in [0.5, 0.6) is 0 Å². The van der Waals surface area contributed by atoms with Crippen molar-refractivity contribution in [3.8, 4) is 0 Å². The lowest BCUT2D eigenvalue weighted by atomic mass is 9.95. The van der Waals surface area contributed by atoms with E-state index >= 15 is 0 Å². The van der Waals surface area contributed by atoms with E-state index in [4.69, 9.17) is 11.6 Å². The van der Waals surface area contributed by atoms with Crippen molar-refractivity contribution in [1.82, 2.24) is 19.8 Å². The number of aromatic nitrogens is 2. The standard InChI is InChI=1S/C27H33ClFN5O3/c1-15(2)33(27(36)37)13-21(17-4-6-18(28)7-5-17)26(35)34-19-8-9-20(34)12-32(11-19)25-23-16(3)10-22(29)24(23)30-14-31-25/h4-7,14-16,19-22H,8-13H2,1-3H3,(H,36,37)/t16-,19-,20+,21-,22-/m1/s1. The first kappa shape index (κ1) is 25.7. The van der Waals surface area contributed by atoms with E-state index in [1.807, 2.05) is 37.8 Å². The summed E-state index contributed by atoms with van der Waals surface area (Å²) in [5.74, 6) is 0.131. The SMILES string of the molecule is CC(C)N(C[C@@H](C(=O)N1[C@@H]2CC[C@H]1CN(c1ncnc3c1[C@H](C)C[C@H]3F)C2)c1ccc(Cl)cc1)C(=O)O. The lowest BCUT2D eigenvalue weighted by Gasteiger charge is -2.44. The number of hydrogen-bond donors (Lipinski definition) is 1. The maximum atomic E-state index is 14.5. The number of rotatable bonds is 6. The van der Waals surface area contributed by atoms with Crippen LogP contribution in [0, 0.1) is 0 Å². The summed E-state index contributed by atoms with van der Waals surface area (Å²) >= 11 is 6.10. The quantitative estimate of drug-likeness (QED) is 0.566. The Balaban J connectivity index is 1.42. The van der Waals surface area contributed by atoms with Gasteiger partial charge in [-0.15, -0.1) is 0 Å². The molecule has 1 aromatic carbocycles. The van der Waals surface area contributed by atoms with Gasteiger partial charge in [-0.2, -0.15) is 0 Å². The molecular formula is C27H33ClFN5O3. The number of carboxylic acid groups (broad SMARTS) is 1. The van der Waals surface area contributed by atoms with E-state index in [0.29, 0.717) is 30.2 Å². The number of hydrogen-bond acceptors (Lipinski definition) is 5. The monoisotopic (exact) mass is 529 g/mol. The zero-order valence-corrected chi connectivity index (χ0v) is 22.1. The highest BCUT2D eigenvalue weighted by Crippen LogP contribution is 2.46. The highest BCUT2D eigenvalue weighted by Gasteiger charge is 2.46. The van der Waals surface area contributed by atoms with E-state index in [2.05, 4.69) is 14.9 Å². The molecule has 2 bridgehead atoms. The zero-order valence-electron chi connectivity index (χ0n) is 21.3. The second-order valence-electron chi connectivity index (χ2n) is 10.8. The Hall–Kier alpha value is -2.94. The molecule has 3 aliphatic rings. The van der Waals surface area contributed by atoms with Crippen LogP contribution in [0.4, 0.5) is 15.0 Å². The van der Waals surface area contributed by atoms with E-state index in [-0.39, 0.29) is 36.5 Å². The summed E-state index contributed by atoms with van der Waals surface area (Å²) in [5, 5.41) is 10.4.